The highest BCUT2D eigenvalue weighted by atomic mass is 35.5. The fraction of sp³-hybridized carbons (Fsp3) is 0.875. The third-order valence-corrected chi connectivity index (χ3v) is 2.84. The average Bonchev–Trinajstić information content (AvgIpc) is 2.56. The highest BCUT2D eigenvalue weighted by molar-refractivity contribution is 6.18. The molecule has 2 fully saturated rings. The Bertz CT molecular complexity index is 187. The summed E-state index contributed by atoms with van der Waals surface area (Å²) in [5.74, 6) is 1.88. The van der Waals surface area contributed by atoms with Crippen molar-refractivity contribution in [1.29, 1.82) is 0 Å². The first-order chi connectivity index (χ1) is 5.84. The smallest absolute Gasteiger partial charge is 0.223 e. The summed E-state index contributed by atoms with van der Waals surface area (Å²) in [5.41, 5.74) is 0. The predicted molar refractivity (Wildman–Crippen MR) is 45.0 cm³/mol. The van der Waals surface area contributed by atoms with Gasteiger partial charge in [0.15, 0.2) is 0 Å². The van der Waals surface area contributed by atoms with Crippen LogP contribution < -0.4 is 5.32 Å². The van der Waals surface area contributed by atoms with E-state index >= 15 is 0 Å². The van der Waals surface area contributed by atoms with Crippen LogP contribution in [0.4, 0.5) is 0 Å². The average molecular weight is 190 g/mol. The molecule has 0 aromatic heterocycles. The number of halogens is 1. The zero-order valence-corrected chi connectivity index (χ0v) is 7.51. The molecule has 1 saturated heterocycles. The standard InChI is InChI=1S/C8H12ClNO2/c9-1-2-10-8(11)7-5-3-12-4-6(5)7/h5-7H,1-4H2,(H,10,11). The zero-order chi connectivity index (χ0) is 8.55. The number of alkyl halides is 1. The van der Waals surface area contributed by atoms with Gasteiger partial charge in [-0.25, -0.2) is 0 Å². The van der Waals surface area contributed by atoms with Crippen molar-refractivity contribution in [3.8, 4) is 0 Å². The molecule has 3 nitrogen and oxygen atoms in total. The quantitative estimate of drug-likeness (QED) is 0.646. The molecule has 68 valence electrons. The van der Waals surface area contributed by atoms with E-state index < -0.39 is 0 Å². The summed E-state index contributed by atoms with van der Waals surface area (Å²) >= 11 is 5.45. The Balaban J connectivity index is 1.76. The molecule has 0 bridgehead atoms. The van der Waals surface area contributed by atoms with Gasteiger partial charge in [-0.05, 0) is 11.8 Å². The van der Waals surface area contributed by atoms with Crippen molar-refractivity contribution in [1.82, 2.24) is 5.32 Å². The SMILES string of the molecule is O=C(NCCCl)C1C2COCC21. The summed E-state index contributed by atoms with van der Waals surface area (Å²) in [4.78, 5) is 11.4. The molecule has 0 radical (unpaired) electrons. The Morgan fingerprint density at radius 3 is 2.75 bits per heavy atom. The first-order valence-electron chi connectivity index (χ1n) is 4.26. The van der Waals surface area contributed by atoms with Gasteiger partial charge in [0.05, 0.1) is 13.2 Å². The van der Waals surface area contributed by atoms with Crippen LogP contribution in [-0.2, 0) is 9.53 Å². The van der Waals surface area contributed by atoms with Gasteiger partial charge in [0.2, 0.25) is 5.91 Å². The number of fused-ring (bicyclic) bond motifs is 1. The summed E-state index contributed by atoms with van der Waals surface area (Å²) < 4.78 is 5.19. The second-order valence-corrected chi connectivity index (χ2v) is 3.75. The van der Waals surface area contributed by atoms with Crippen molar-refractivity contribution in [3.63, 3.8) is 0 Å². The summed E-state index contributed by atoms with van der Waals surface area (Å²) in [6.07, 6.45) is 0. The Kier molecular flexibility index (Phi) is 2.24. The van der Waals surface area contributed by atoms with Crippen LogP contribution in [-0.4, -0.2) is 31.5 Å². The van der Waals surface area contributed by atoms with Crippen LogP contribution in [0.5, 0.6) is 0 Å². The van der Waals surface area contributed by atoms with E-state index in [1.165, 1.54) is 0 Å². The van der Waals surface area contributed by atoms with Crippen LogP contribution >= 0.6 is 11.6 Å². The molecule has 0 aromatic carbocycles. The maximum Gasteiger partial charge on any atom is 0.223 e. The third-order valence-electron chi connectivity index (χ3n) is 2.65. The van der Waals surface area contributed by atoms with Crippen LogP contribution in [0.25, 0.3) is 0 Å². The molecule has 2 unspecified atom stereocenters. The van der Waals surface area contributed by atoms with Gasteiger partial charge in [-0.3, -0.25) is 4.79 Å². The molecule has 1 N–H and O–H groups in total. The Labute approximate surface area is 76.4 Å². The maximum absolute atomic E-state index is 11.4. The van der Waals surface area contributed by atoms with Crippen molar-refractivity contribution in [3.05, 3.63) is 0 Å². The number of hydrogen-bond donors (Lipinski definition) is 1. The third kappa shape index (κ3) is 1.31. The first kappa shape index (κ1) is 8.32. The van der Waals surface area contributed by atoms with Gasteiger partial charge < -0.3 is 10.1 Å². The van der Waals surface area contributed by atoms with E-state index in [4.69, 9.17) is 16.3 Å². The number of carbonyl (C=O) groups excluding carboxylic acids is 1. The topological polar surface area (TPSA) is 38.3 Å². The number of rotatable bonds is 3. The maximum atomic E-state index is 11.4. The van der Waals surface area contributed by atoms with Gasteiger partial charge in [0, 0.05) is 18.3 Å². The summed E-state index contributed by atoms with van der Waals surface area (Å²) in [5, 5.41) is 2.80. The molecule has 12 heavy (non-hydrogen) atoms. The van der Waals surface area contributed by atoms with Crippen LogP contribution in [0.2, 0.25) is 0 Å². The summed E-state index contributed by atoms with van der Waals surface area (Å²) in [6.45, 7) is 2.12. The minimum atomic E-state index is 0.161. The molecule has 1 aliphatic heterocycles. The Hall–Kier alpha value is -0.280. The van der Waals surface area contributed by atoms with Gasteiger partial charge in [-0.2, -0.15) is 0 Å². The minimum Gasteiger partial charge on any atom is -0.381 e. The van der Waals surface area contributed by atoms with Crippen LogP contribution in [0, 0.1) is 17.8 Å². The molecule has 1 amide bonds. The van der Waals surface area contributed by atoms with E-state index in [1.807, 2.05) is 0 Å². The molecule has 2 rings (SSSR count). The van der Waals surface area contributed by atoms with Gasteiger partial charge in [0.25, 0.3) is 0 Å². The Morgan fingerprint density at radius 2 is 2.17 bits per heavy atom. The lowest BCUT2D eigenvalue weighted by Gasteiger charge is -2.04. The van der Waals surface area contributed by atoms with E-state index in [0.717, 1.165) is 13.2 Å². The van der Waals surface area contributed by atoms with E-state index in [-0.39, 0.29) is 11.8 Å². The van der Waals surface area contributed by atoms with Crippen LogP contribution in [0.3, 0.4) is 0 Å². The van der Waals surface area contributed by atoms with Gasteiger partial charge >= 0.3 is 0 Å². The molecule has 1 aliphatic carbocycles. The lowest BCUT2D eigenvalue weighted by Crippen LogP contribution is -2.29. The molecule has 2 atom stereocenters. The van der Waals surface area contributed by atoms with Gasteiger partial charge in [0.1, 0.15) is 0 Å². The molecule has 1 heterocycles. The van der Waals surface area contributed by atoms with Crippen LogP contribution in [0.1, 0.15) is 0 Å². The summed E-state index contributed by atoms with van der Waals surface area (Å²) in [6, 6.07) is 0. The first-order valence-corrected chi connectivity index (χ1v) is 4.79. The number of ether oxygens (including phenoxy) is 1. The molecule has 2 aliphatic rings. The van der Waals surface area contributed by atoms with Crippen molar-refractivity contribution in [2.24, 2.45) is 17.8 Å². The molecule has 4 heteroatoms. The number of amides is 1. The number of carbonyl (C=O) groups is 1. The summed E-state index contributed by atoms with van der Waals surface area (Å²) in [7, 11) is 0. The van der Waals surface area contributed by atoms with Crippen molar-refractivity contribution >= 4 is 17.5 Å². The van der Waals surface area contributed by atoms with Crippen LogP contribution in [0.15, 0.2) is 0 Å². The highest BCUT2D eigenvalue weighted by Crippen LogP contribution is 2.50. The second-order valence-electron chi connectivity index (χ2n) is 3.37. The number of nitrogens with one attached hydrogen (secondary N) is 1. The van der Waals surface area contributed by atoms with Crippen molar-refractivity contribution in [2.75, 3.05) is 25.6 Å². The van der Waals surface area contributed by atoms with E-state index in [1.54, 1.807) is 0 Å². The lowest BCUT2D eigenvalue weighted by atomic mass is 10.3. The molecule has 1 saturated carbocycles. The van der Waals surface area contributed by atoms with E-state index in [0.29, 0.717) is 24.3 Å². The monoisotopic (exact) mass is 189 g/mol. The Morgan fingerprint density at radius 1 is 1.50 bits per heavy atom. The lowest BCUT2D eigenvalue weighted by molar-refractivity contribution is -0.123. The van der Waals surface area contributed by atoms with Gasteiger partial charge in [-0.15, -0.1) is 11.6 Å². The second kappa shape index (κ2) is 3.23. The molecule has 0 aromatic rings. The molecule has 0 spiro atoms. The fourth-order valence-electron chi connectivity index (χ4n) is 1.92. The molecular weight excluding hydrogens is 178 g/mol. The predicted octanol–water partition coefficient (Wildman–Crippen LogP) is 0.234. The van der Waals surface area contributed by atoms with Crippen molar-refractivity contribution < 1.29 is 9.53 Å². The highest BCUT2D eigenvalue weighted by Gasteiger charge is 2.57. The number of hydrogen-bond acceptors (Lipinski definition) is 2. The fourth-order valence-corrected chi connectivity index (χ4v) is 2.01. The van der Waals surface area contributed by atoms with Crippen molar-refractivity contribution in [2.45, 2.75) is 0 Å². The largest absolute Gasteiger partial charge is 0.381 e. The van der Waals surface area contributed by atoms with Gasteiger partial charge in [-0.1, -0.05) is 0 Å². The van der Waals surface area contributed by atoms with E-state index in [9.17, 15) is 4.79 Å². The zero-order valence-electron chi connectivity index (χ0n) is 6.75. The normalized spacial score (nSPS) is 37.6. The molecular formula is C8H12ClNO2. The minimum absolute atomic E-state index is 0.161. The van der Waals surface area contributed by atoms with E-state index in [2.05, 4.69) is 5.32 Å².